The number of aromatic nitrogens is 4. The maximum Gasteiger partial charge on any atom is 0.271 e. The monoisotopic (exact) mass is 329 g/mol. The Kier molecular flexibility index (Phi) is 4.10. The topological polar surface area (TPSA) is 77.2 Å². The molecule has 1 aromatic carbocycles. The van der Waals surface area contributed by atoms with Crippen LogP contribution in [0.25, 0.3) is 22.2 Å². The Labute approximate surface area is 137 Å². The van der Waals surface area contributed by atoms with E-state index in [-0.39, 0.29) is 0 Å². The molecule has 2 aromatic heterocycles. The first kappa shape index (κ1) is 14.4. The van der Waals surface area contributed by atoms with E-state index >= 15 is 0 Å². The summed E-state index contributed by atoms with van der Waals surface area (Å²) >= 11 is 1.24. The summed E-state index contributed by atoms with van der Waals surface area (Å²) in [6.45, 7) is 4.44. The molecule has 0 unspecified atom stereocenters. The second kappa shape index (κ2) is 6.53. The molecule has 1 fully saturated rings. The zero-order chi connectivity index (χ0) is 15.5. The fourth-order valence-electron chi connectivity index (χ4n) is 2.53. The van der Waals surface area contributed by atoms with E-state index < -0.39 is 0 Å². The number of ether oxygens (including phenoxy) is 1. The molecular weight excluding hydrogens is 314 g/mol. The van der Waals surface area contributed by atoms with Crippen LogP contribution in [0.2, 0.25) is 0 Å². The molecule has 0 N–H and O–H groups in total. The second-order valence-electron chi connectivity index (χ2n) is 5.29. The van der Waals surface area contributed by atoms with Gasteiger partial charge in [-0.15, -0.1) is 5.10 Å². The van der Waals surface area contributed by atoms with Crippen LogP contribution >= 0.6 is 11.5 Å². The molecule has 1 saturated heterocycles. The van der Waals surface area contributed by atoms with Gasteiger partial charge in [0.15, 0.2) is 0 Å². The van der Waals surface area contributed by atoms with Gasteiger partial charge in [-0.25, -0.2) is 0 Å². The highest BCUT2D eigenvalue weighted by atomic mass is 32.1. The smallest absolute Gasteiger partial charge is 0.271 e. The third kappa shape index (κ3) is 3.29. The first-order valence-corrected chi connectivity index (χ1v) is 8.17. The van der Waals surface area contributed by atoms with Crippen LogP contribution in [-0.4, -0.2) is 50.9 Å². The molecule has 0 amide bonds. The van der Waals surface area contributed by atoms with Crippen LogP contribution in [-0.2, 0) is 11.3 Å². The Hall–Kier alpha value is -2.16. The summed E-state index contributed by atoms with van der Waals surface area (Å²) in [5.74, 6) is 1.03. The second-order valence-corrected chi connectivity index (χ2v) is 6.08. The first-order valence-electron chi connectivity index (χ1n) is 7.39. The molecule has 3 heterocycles. The van der Waals surface area contributed by atoms with Gasteiger partial charge < -0.3 is 9.26 Å². The highest BCUT2D eigenvalue weighted by molar-refractivity contribution is 7.09. The van der Waals surface area contributed by atoms with E-state index in [9.17, 15) is 0 Å². The molecule has 1 aliphatic rings. The zero-order valence-corrected chi connectivity index (χ0v) is 13.2. The number of rotatable bonds is 4. The van der Waals surface area contributed by atoms with Crippen molar-refractivity contribution in [2.24, 2.45) is 0 Å². The maximum atomic E-state index is 5.39. The molecule has 0 saturated carbocycles. The predicted octanol–water partition coefficient (Wildman–Crippen LogP) is 2.09. The van der Waals surface area contributed by atoms with E-state index in [1.54, 1.807) is 6.20 Å². The Morgan fingerprint density at radius 1 is 1.22 bits per heavy atom. The highest BCUT2D eigenvalue weighted by Crippen LogP contribution is 2.24. The van der Waals surface area contributed by atoms with E-state index in [4.69, 9.17) is 9.26 Å². The van der Waals surface area contributed by atoms with Crippen LogP contribution in [0.3, 0.4) is 0 Å². The van der Waals surface area contributed by atoms with Crippen molar-refractivity contribution >= 4 is 11.5 Å². The summed E-state index contributed by atoms with van der Waals surface area (Å²) in [6.07, 6.45) is 1.62. The van der Waals surface area contributed by atoms with Crippen molar-refractivity contribution in [2.45, 2.75) is 6.54 Å². The van der Waals surface area contributed by atoms with Gasteiger partial charge in [0.1, 0.15) is 4.88 Å². The average molecular weight is 329 g/mol. The number of morpholine rings is 1. The van der Waals surface area contributed by atoms with Gasteiger partial charge in [0.2, 0.25) is 5.82 Å². The molecule has 4 rings (SSSR count). The van der Waals surface area contributed by atoms with E-state index in [0.29, 0.717) is 11.7 Å². The van der Waals surface area contributed by atoms with Crippen LogP contribution in [0.5, 0.6) is 0 Å². The van der Waals surface area contributed by atoms with Gasteiger partial charge in [-0.05, 0) is 23.2 Å². The lowest BCUT2D eigenvalue weighted by atomic mass is 10.1. The third-order valence-corrected chi connectivity index (χ3v) is 4.35. The van der Waals surface area contributed by atoms with Gasteiger partial charge in [0, 0.05) is 25.2 Å². The molecular formula is C15H15N5O2S. The lowest BCUT2D eigenvalue weighted by Crippen LogP contribution is -2.35. The van der Waals surface area contributed by atoms with E-state index in [2.05, 4.69) is 36.8 Å². The fourth-order valence-corrected chi connectivity index (χ4v) is 2.97. The average Bonchev–Trinajstić information content (AvgIpc) is 3.28. The summed E-state index contributed by atoms with van der Waals surface area (Å²) in [6, 6.07) is 8.24. The molecule has 0 bridgehead atoms. The molecule has 23 heavy (non-hydrogen) atoms. The van der Waals surface area contributed by atoms with Gasteiger partial charge in [0.05, 0.1) is 19.4 Å². The summed E-state index contributed by atoms with van der Waals surface area (Å²) in [4.78, 5) is 7.58. The van der Waals surface area contributed by atoms with E-state index in [0.717, 1.165) is 43.3 Å². The van der Waals surface area contributed by atoms with Crippen molar-refractivity contribution in [2.75, 3.05) is 26.3 Å². The molecule has 0 aliphatic carbocycles. The minimum absolute atomic E-state index is 0.452. The van der Waals surface area contributed by atoms with Crippen molar-refractivity contribution < 1.29 is 9.26 Å². The number of benzene rings is 1. The normalized spacial score (nSPS) is 15.8. The van der Waals surface area contributed by atoms with Gasteiger partial charge in [-0.3, -0.25) is 4.90 Å². The van der Waals surface area contributed by atoms with Crippen molar-refractivity contribution in [3.05, 3.63) is 36.0 Å². The minimum atomic E-state index is 0.452. The van der Waals surface area contributed by atoms with Gasteiger partial charge in [-0.2, -0.15) is 4.98 Å². The van der Waals surface area contributed by atoms with Crippen LogP contribution in [0, 0.1) is 0 Å². The summed E-state index contributed by atoms with van der Waals surface area (Å²) in [5.41, 5.74) is 2.18. The van der Waals surface area contributed by atoms with E-state index in [1.807, 2.05) is 12.1 Å². The van der Waals surface area contributed by atoms with Crippen LogP contribution in [0.15, 0.2) is 35.0 Å². The molecule has 8 heteroatoms. The largest absolute Gasteiger partial charge is 0.379 e. The molecule has 3 aromatic rings. The summed E-state index contributed by atoms with van der Waals surface area (Å²) in [5, 5.41) is 7.85. The molecule has 0 atom stereocenters. The van der Waals surface area contributed by atoms with Crippen molar-refractivity contribution in [3.63, 3.8) is 0 Å². The van der Waals surface area contributed by atoms with E-state index in [1.165, 1.54) is 17.1 Å². The third-order valence-electron chi connectivity index (χ3n) is 3.69. The Morgan fingerprint density at radius 2 is 2.13 bits per heavy atom. The lowest BCUT2D eigenvalue weighted by molar-refractivity contribution is 0.0342. The van der Waals surface area contributed by atoms with Crippen LogP contribution in [0.1, 0.15) is 5.56 Å². The van der Waals surface area contributed by atoms with Crippen LogP contribution < -0.4 is 0 Å². The van der Waals surface area contributed by atoms with Gasteiger partial charge in [-0.1, -0.05) is 27.8 Å². The van der Waals surface area contributed by atoms with Crippen molar-refractivity contribution in [1.29, 1.82) is 0 Å². The number of hydrogen-bond acceptors (Lipinski definition) is 8. The maximum absolute atomic E-state index is 5.39. The summed E-state index contributed by atoms with van der Waals surface area (Å²) < 4.78 is 14.5. The van der Waals surface area contributed by atoms with Crippen LogP contribution in [0.4, 0.5) is 0 Å². The molecule has 1 aliphatic heterocycles. The minimum Gasteiger partial charge on any atom is -0.379 e. The zero-order valence-electron chi connectivity index (χ0n) is 12.4. The molecule has 118 valence electrons. The van der Waals surface area contributed by atoms with Crippen molar-refractivity contribution in [3.8, 4) is 22.2 Å². The Balaban J connectivity index is 1.54. The predicted molar refractivity (Wildman–Crippen MR) is 84.7 cm³/mol. The SMILES string of the molecule is c1cc(CN2CCOCC2)cc(-c2noc(-c3cnns3)n2)c1. The Morgan fingerprint density at radius 3 is 2.96 bits per heavy atom. The molecule has 0 radical (unpaired) electrons. The fraction of sp³-hybridized carbons (Fsp3) is 0.333. The van der Waals surface area contributed by atoms with Gasteiger partial charge in [0.25, 0.3) is 5.89 Å². The Bertz CT molecular complexity index is 768. The molecule has 7 nitrogen and oxygen atoms in total. The number of nitrogens with zero attached hydrogens (tertiary/aromatic N) is 5. The highest BCUT2D eigenvalue weighted by Gasteiger charge is 2.14. The molecule has 0 spiro atoms. The quantitative estimate of drug-likeness (QED) is 0.725. The van der Waals surface area contributed by atoms with Crippen molar-refractivity contribution in [1.82, 2.24) is 24.6 Å². The lowest BCUT2D eigenvalue weighted by Gasteiger charge is -2.26. The summed E-state index contributed by atoms with van der Waals surface area (Å²) in [7, 11) is 0. The van der Waals surface area contributed by atoms with Gasteiger partial charge >= 0.3 is 0 Å². The standard InChI is InChI=1S/C15H15N5O2S/c1-2-11(10-20-4-6-21-7-5-20)8-12(3-1)14-17-15(22-18-14)13-9-16-19-23-13/h1-3,8-9H,4-7,10H2. The number of hydrogen-bond donors (Lipinski definition) is 0. The first-order chi connectivity index (χ1) is 11.4.